The second-order valence-electron chi connectivity index (χ2n) is 7.15. The molecule has 7 nitrogen and oxygen atoms in total. The van der Waals surface area contributed by atoms with Gasteiger partial charge >= 0.3 is 0 Å². The van der Waals surface area contributed by atoms with Crippen LogP contribution in [0.4, 0.5) is 5.82 Å². The zero-order valence-corrected chi connectivity index (χ0v) is 19.5. The molecule has 1 heterocycles. The van der Waals surface area contributed by atoms with Gasteiger partial charge in [0.2, 0.25) is 0 Å². The van der Waals surface area contributed by atoms with Crippen molar-refractivity contribution in [2.45, 2.75) is 31.4 Å². The number of hydrogen-bond donors (Lipinski definition) is 1. The number of thioether (sulfide) groups is 1. The fraction of sp³-hybridized carbons (Fsp3) is 0.500. The number of ether oxygens (including phenoxy) is 1. The third-order valence-corrected chi connectivity index (χ3v) is 5.44. The topological polar surface area (TPSA) is 70.6 Å². The Kier molecular flexibility index (Phi) is 10.1. The van der Waals surface area contributed by atoms with Crippen molar-refractivity contribution in [2.75, 3.05) is 52.3 Å². The van der Waals surface area contributed by atoms with Crippen molar-refractivity contribution in [3.8, 4) is 0 Å². The molecule has 0 saturated carbocycles. The fourth-order valence-electron chi connectivity index (χ4n) is 2.90. The Bertz CT molecular complexity index is 812. The number of hydrogen-bond acceptors (Lipinski definition) is 7. The van der Waals surface area contributed by atoms with Crippen LogP contribution in [0.3, 0.4) is 0 Å². The predicted octanol–water partition coefficient (Wildman–Crippen LogP) is 3.05. The Morgan fingerprint density at radius 3 is 2.60 bits per heavy atom. The molecule has 8 heteroatoms. The van der Waals surface area contributed by atoms with E-state index < -0.39 is 0 Å². The maximum atomic E-state index is 12.4. The molecule has 0 aliphatic heterocycles. The Hall–Kier alpha value is -2.16. The summed E-state index contributed by atoms with van der Waals surface area (Å²) in [5.74, 6) is 1.55. The van der Waals surface area contributed by atoms with Gasteiger partial charge in [-0.3, -0.25) is 4.79 Å². The number of amides is 1. The molecule has 1 amide bonds. The van der Waals surface area contributed by atoms with Gasteiger partial charge < -0.3 is 19.9 Å². The summed E-state index contributed by atoms with van der Waals surface area (Å²) >= 11 is 1.57. The van der Waals surface area contributed by atoms with Crippen LogP contribution in [0.2, 0.25) is 0 Å². The lowest BCUT2D eigenvalue weighted by Gasteiger charge is -2.20. The quantitative estimate of drug-likeness (QED) is 0.409. The smallest absolute Gasteiger partial charge is 0.251 e. The van der Waals surface area contributed by atoms with E-state index in [1.54, 1.807) is 18.9 Å². The molecule has 0 radical (unpaired) electrons. The molecule has 0 saturated heterocycles. The number of anilines is 1. The SMILES string of the molecule is CCN(CC)c1cc(COC)nc(SCc2cccc(C(=O)NCCN(C)C)c2)n1. The number of nitrogens with one attached hydrogen (secondary N) is 1. The van der Waals surface area contributed by atoms with Crippen LogP contribution in [-0.4, -0.2) is 68.2 Å². The summed E-state index contributed by atoms with van der Waals surface area (Å²) in [6.45, 7) is 7.88. The van der Waals surface area contributed by atoms with E-state index in [0.717, 1.165) is 36.7 Å². The lowest BCUT2D eigenvalue weighted by molar-refractivity contribution is 0.0951. The third-order valence-electron chi connectivity index (χ3n) is 4.53. The Balaban J connectivity index is 2.08. The van der Waals surface area contributed by atoms with E-state index in [0.29, 0.717) is 29.6 Å². The summed E-state index contributed by atoms with van der Waals surface area (Å²) in [6.07, 6.45) is 0. The monoisotopic (exact) mass is 431 g/mol. The van der Waals surface area contributed by atoms with Gasteiger partial charge in [-0.05, 0) is 45.6 Å². The summed E-state index contributed by atoms with van der Waals surface area (Å²) < 4.78 is 5.27. The normalized spacial score (nSPS) is 11.0. The maximum Gasteiger partial charge on any atom is 0.251 e. The lowest BCUT2D eigenvalue weighted by atomic mass is 10.1. The molecule has 0 aliphatic rings. The van der Waals surface area contributed by atoms with E-state index >= 15 is 0 Å². The summed E-state index contributed by atoms with van der Waals surface area (Å²) in [6, 6.07) is 9.70. The minimum atomic E-state index is -0.0501. The first-order valence-corrected chi connectivity index (χ1v) is 11.2. The number of carbonyl (C=O) groups excluding carboxylic acids is 1. The molecule has 1 aromatic carbocycles. The number of benzene rings is 1. The van der Waals surface area contributed by atoms with Crippen molar-refractivity contribution >= 4 is 23.5 Å². The van der Waals surface area contributed by atoms with Crippen molar-refractivity contribution in [1.82, 2.24) is 20.2 Å². The summed E-state index contributed by atoms with van der Waals surface area (Å²) in [7, 11) is 5.64. The molecule has 1 aromatic heterocycles. The Labute approximate surface area is 184 Å². The Morgan fingerprint density at radius 2 is 1.93 bits per heavy atom. The highest BCUT2D eigenvalue weighted by Crippen LogP contribution is 2.23. The summed E-state index contributed by atoms with van der Waals surface area (Å²) in [4.78, 5) is 26.0. The number of likely N-dealkylation sites (N-methyl/N-ethyl adjacent to an activating group) is 1. The van der Waals surface area contributed by atoms with Crippen LogP contribution in [0, 0.1) is 0 Å². The van der Waals surface area contributed by atoms with Crippen molar-refractivity contribution < 1.29 is 9.53 Å². The van der Waals surface area contributed by atoms with Crippen molar-refractivity contribution in [1.29, 1.82) is 0 Å². The van der Waals surface area contributed by atoms with Gasteiger partial charge in [0.15, 0.2) is 5.16 Å². The average molecular weight is 432 g/mol. The minimum absolute atomic E-state index is 0.0501. The molecule has 1 N–H and O–H groups in total. The van der Waals surface area contributed by atoms with E-state index in [9.17, 15) is 4.79 Å². The van der Waals surface area contributed by atoms with Gasteiger partial charge in [-0.1, -0.05) is 23.9 Å². The number of nitrogens with zero attached hydrogens (tertiary/aromatic N) is 4. The van der Waals surface area contributed by atoms with Gasteiger partial charge in [0, 0.05) is 50.7 Å². The van der Waals surface area contributed by atoms with Crippen molar-refractivity contribution in [2.24, 2.45) is 0 Å². The zero-order valence-electron chi connectivity index (χ0n) is 18.6. The second kappa shape index (κ2) is 12.5. The predicted molar refractivity (Wildman–Crippen MR) is 123 cm³/mol. The highest BCUT2D eigenvalue weighted by atomic mass is 32.2. The van der Waals surface area contributed by atoms with E-state index in [1.807, 2.05) is 49.3 Å². The number of methoxy groups -OCH3 is 1. The molecular formula is C22H33N5O2S. The molecule has 0 aliphatic carbocycles. The molecule has 164 valence electrons. The number of carbonyl (C=O) groups is 1. The maximum absolute atomic E-state index is 12.4. The molecule has 2 rings (SSSR count). The molecule has 0 fully saturated rings. The first kappa shape index (κ1) is 24.1. The second-order valence-corrected chi connectivity index (χ2v) is 8.10. The molecule has 2 aromatic rings. The van der Waals surface area contributed by atoms with Gasteiger partial charge in [-0.2, -0.15) is 0 Å². The van der Waals surface area contributed by atoms with Crippen molar-refractivity contribution in [3.05, 3.63) is 47.2 Å². The number of aromatic nitrogens is 2. The first-order chi connectivity index (χ1) is 14.5. The van der Waals surface area contributed by atoms with Gasteiger partial charge in [-0.25, -0.2) is 9.97 Å². The highest BCUT2D eigenvalue weighted by molar-refractivity contribution is 7.98. The molecule has 0 unspecified atom stereocenters. The molecule has 0 atom stereocenters. The summed E-state index contributed by atoms with van der Waals surface area (Å²) in [5, 5.41) is 3.67. The van der Waals surface area contributed by atoms with Gasteiger partial charge in [-0.15, -0.1) is 0 Å². The zero-order chi connectivity index (χ0) is 21.9. The van der Waals surface area contributed by atoms with Crippen molar-refractivity contribution in [3.63, 3.8) is 0 Å². The van der Waals surface area contributed by atoms with Gasteiger partial charge in [0.05, 0.1) is 12.3 Å². The summed E-state index contributed by atoms with van der Waals surface area (Å²) in [5.41, 5.74) is 2.60. The van der Waals surface area contributed by atoms with Gasteiger partial charge in [0.25, 0.3) is 5.91 Å². The molecule has 0 bridgehead atoms. The lowest BCUT2D eigenvalue weighted by Crippen LogP contribution is -2.31. The standard InChI is InChI=1S/C22H33N5O2S/c1-6-27(7-2)20-14-19(15-29-5)24-22(25-20)30-16-17-9-8-10-18(13-17)21(28)23-11-12-26(3)4/h8-10,13-14H,6-7,11-12,15-16H2,1-5H3,(H,23,28). The fourth-order valence-corrected chi connectivity index (χ4v) is 3.72. The third kappa shape index (κ3) is 7.59. The highest BCUT2D eigenvalue weighted by Gasteiger charge is 2.11. The van der Waals surface area contributed by atoms with Crippen LogP contribution in [0.15, 0.2) is 35.5 Å². The van der Waals surface area contributed by atoms with E-state index in [2.05, 4.69) is 29.0 Å². The first-order valence-electron chi connectivity index (χ1n) is 10.2. The average Bonchev–Trinajstić information content (AvgIpc) is 2.73. The van der Waals surface area contributed by atoms with Crippen LogP contribution in [0.25, 0.3) is 0 Å². The van der Waals surface area contributed by atoms with Crippen LogP contribution in [0.5, 0.6) is 0 Å². The van der Waals surface area contributed by atoms with E-state index in [-0.39, 0.29) is 5.91 Å². The number of rotatable bonds is 12. The Morgan fingerprint density at radius 1 is 1.17 bits per heavy atom. The van der Waals surface area contributed by atoms with Crippen LogP contribution in [0.1, 0.15) is 35.5 Å². The minimum Gasteiger partial charge on any atom is -0.378 e. The van der Waals surface area contributed by atoms with Crippen LogP contribution in [-0.2, 0) is 17.1 Å². The van der Waals surface area contributed by atoms with Crippen LogP contribution < -0.4 is 10.2 Å². The molecular weight excluding hydrogens is 398 g/mol. The molecule has 0 spiro atoms. The van der Waals surface area contributed by atoms with E-state index in [4.69, 9.17) is 9.72 Å². The molecule has 30 heavy (non-hydrogen) atoms. The van der Waals surface area contributed by atoms with Crippen LogP contribution >= 0.6 is 11.8 Å². The van der Waals surface area contributed by atoms with E-state index in [1.165, 1.54) is 0 Å². The largest absolute Gasteiger partial charge is 0.378 e. The van der Waals surface area contributed by atoms with Gasteiger partial charge in [0.1, 0.15) is 5.82 Å².